The van der Waals surface area contributed by atoms with Gasteiger partial charge < -0.3 is 14.9 Å². The maximum Gasteiger partial charge on any atom is 0.177 e. The molecular formula is C10H18O3. The van der Waals surface area contributed by atoms with Crippen LogP contribution in [-0.2, 0) is 4.74 Å². The molecule has 0 aromatic carbocycles. The minimum Gasteiger partial charge on any atom is -0.390 e. The van der Waals surface area contributed by atoms with E-state index in [9.17, 15) is 10.2 Å². The highest BCUT2D eigenvalue weighted by Crippen LogP contribution is 2.20. The number of ether oxygens (including phenoxy) is 1. The van der Waals surface area contributed by atoms with Gasteiger partial charge in [-0.1, -0.05) is 6.08 Å². The Morgan fingerprint density at radius 2 is 2.31 bits per heavy atom. The topological polar surface area (TPSA) is 49.7 Å². The van der Waals surface area contributed by atoms with Crippen molar-refractivity contribution in [1.82, 2.24) is 0 Å². The molecule has 0 saturated carbocycles. The lowest BCUT2D eigenvalue weighted by Crippen LogP contribution is -2.18. The summed E-state index contributed by atoms with van der Waals surface area (Å²) in [5, 5.41) is 18.7. The zero-order valence-electron chi connectivity index (χ0n) is 8.29. The fourth-order valence-corrected chi connectivity index (χ4v) is 1.40. The van der Waals surface area contributed by atoms with Crippen molar-refractivity contribution in [3.8, 4) is 0 Å². The molecule has 0 spiro atoms. The van der Waals surface area contributed by atoms with E-state index in [1.54, 1.807) is 13.8 Å². The van der Waals surface area contributed by atoms with Gasteiger partial charge in [-0.05, 0) is 38.7 Å². The van der Waals surface area contributed by atoms with E-state index in [1.807, 2.05) is 6.08 Å². The van der Waals surface area contributed by atoms with Crippen LogP contribution in [0.3, 0.4) is 0 Å². The van der Waals surface area contributed by atoms with E-state index in [2.05, 4.69) is 0 Å². The second-order valence-corrected chi connectivity index (χ2v) is 4.13. The molecule has 0 aromatic heterocycles. The summed E-state index contributed by atoms with van der Waals surface area (Å²) in [5.74, 6) is 0. The number of aliphatic hydroxyl groups is 2. The van der Waals surface area contributed by atoms with Crippen LogP contribution in [0.4, 0.5) is 0 Å². The zero-order chi connectivity index (χ0) is 9.90. The lowest BCUT2D eigenvalue weighted by molar-refractivity contribution is -0.0475. The zero-order valence-corrected chi connectivity index (χ0v) is 8.29. The lowest BCUT2D eigenvalue weighted by atomic mass is 9.99. The van der Waals surface area contributed by atoms with Gasteiger partial charge in [-0.15, -0.1) is 0 Å². The van der Waals surface area contributed by atoms with Gasteiger partial charge in [0.05, 0.1) is 12.2 Å². The number of hydrogen-bond donors (Lipinski definition) is 2. The first kappa shape index (κ1) is 10.7. The normalized spacial score (nSPS) is 23.4. The molecule has 0 amide bonds. The average Bonchev–Trinajstić information content (AvgIpc) is 2.34. The van der Waals surface area contributed by atoms with Crippen LogP contribution in [0.2, 0.25) is 0 Å². The highest BCUT2D eigenvalue weighted by molar-refractivity contribution is 5.09. The van der Waals surface area contributed by atoms with Gasteiger partial charge in [0.15, 0.2) is 6.29 Å². The molecule has 0 aromatic rings. The summed E-state index contributed by atoms with van der Waals surface area (Å²) < 4.78 is 4.95. The van der Waals surface area contributed by atoms with Crippen molar-refractivity contribution < 1.29 is 14.9 Å². The summed E-state index contributed by atoms with van der Waals surface area (Å²) >= 11 is 0. The molecule has 1 heterocycles. The van der Waals surface area contributed by atoms with Crippen LogP contribution >= 0.6 is 0 Å². The van der Waals surface area contributed by atoms with Crippen molar-refractivity contribution in [2.24, 2.45) is 0 Å². The van der Waals surface area contributed by atoms with Crippen LogP contribution in [0.5, 0.6) is 0 Å². The molecule has 13 heavy (non-hydrogen) atoms. The summed E-state index contributed by atoms with van der Waals surface area (Å²) in [5.41, 5.74) is 0.342. The quantitative estimate of drug-likeness (QED) is 0.649. The molecule has 0 fully saturated rings. The Labute approximate surface area is 79.0 Å². The van der Waals surface area contributed by atoms with Gasteiger partial charge in [-0.25, -0.2) is 0 Å². The fraction of sp³-hybridized carbons (Fsp3) is 0.800. The summed E-state index contributed by atoms with van der Waals surface area (Å²) in [6, 6.07) is 0. The van der Waals surface area contributed by atoms with Gasteiger partial charge in [-0.2, -0.15) is 0 Å². The second-order valence-electron chi connectivity index (χ2n) is 4.13. The van der Waals surface area contributed by atoms with Crippen molar-refractivity contribution in [3.05, 3.63) is 11.6 Å². The Hall–Kier alpha value is -0.380. The standard InChI is InChI=1S/C10H18O3/c1-10(2,12)6-3-4-8-5-7-13-9(8)11/h5,9,11-12H,3-4,6-7H2,1-2H3. The maximum atomic E-state index is 9.44. The number of rotatable bonds is 4. The third kappa shape index (κ3) is 3.89. The maximum absolute atomic E-state index is 9.44. The van der Waals surface area contributed by atoms with Crippen molar-refractivity contribution in [2.75, 3.05) is 6.61 Å². The molecule has 1 unspecified atom stereocenters. The van der Waals surface area contributed by atoms with E-state index < -0.39 is 11.9 Å². The largest absolute Gasteiger partial charge is 0.390 e. The third-order valence-corrected chi connectivity index (χ3v) is 2.17. The molecule has 0 aliphatic carbocycles. The predicted octanol–water partition coefficient (Wildman–Crippen LogP) is 1.20. The van der Waals surface area contributed by atoms with E-state index in [0.717, 1.165) is 24.8 Å². The van der Waals surface area contributed by atoms with Crippen LogP contribution in [-0.4, -0.2) is 28.7 Å². The Bertz CT molecular complexity index is 191. The number of aliphatic hydroxyl groups excluding tert-OH is 1. The monoisotopic (exact) mass is 186 g/mol. The minimum absolute atomic E-state index is 0.513. The summed E-state index contributed by atoms with van der Waals surface area (Å²) in [4.78, 5) is 0. The molecule has 0 radical (unpaired) electrons. The average molecular weight is 186 g/mol. The van der Waals surface area contributed by atoms with Gasteiger partial charge in [0.1, 0.15) is 0 Å². The van der Waals surface area contributed by atoms with E-state index in [-0.39, 0.29) is 0 Å². The van der Waals surface area contributed by atoms with E-state index in [1.165, 1.54) is 0 Å². The van der Waals surface area contributed by atoms with Gasteiger partial charge in [0.25, 0.3) is 0 Å². The van der Waals surface area contributed by atoms with Crippen LogP contribution in [0.1, 0.15) is 33.1 Å². The smallest absolute Gasteiger partial charge is 0.177 e. The van der Waals surface area contributed by atoms with Crippen molar-refractivity contribution >= 4 is 0 Å². The van der Waals surface area contributed by atoms with Crippen LogP contribution in [0, 0.1) is 0 Å². The molecule has 1 rings (SSSR count). The highest BCUT2D eigenvalue weighted by atomic mass is 16.6. The Morgan fingerprint density at radius 3 is 2.77 bits per heavy atom. The molecule has 0 bridgehead atoms. The fourth-order valence-electron chi connectivity index (χ4n) is 1.40. The predicted molar refractivity (Wildman–Crippen MR) is 50.2 cm³/mol. The van der Waals surface area contributed by atoms with Gasteiger partial charge in [0, 0.05) is 0 Å². The SMILES string of the molecule is CC(C)(O)CCCC1=CCOC1O. The summed E-state index contributed by atoms with van der Waals surface area (Å²) in [7, 11) is 0. The number of hydrogen-bond acceptors (Lipinski definition) is 3. The van der Waals surface area contributed by atoms with Gasteiger partial charge >= 0.3 is 0 Å². The lowest BCUT2D eigenvalue weighted by Gasteiger charge is -2.17. The molecule has 3 heteroatoms. The molecule has 76 valence electrons. The Morgan fingerprint density at radius 1 is 1.62 bits per heavy atom. The van der Waals surface area contributed by atoms with Gasteiger partial charge in [-0.3, -0.25) is 0 Å². The molecular weight excluding hydrogens is 168 g/mol. The van der Waals surface area contributed by atoms with Crippen molar-refractivity contribution in [1.29, 1.82) is 0 Å². The summed E-state index contributed by atoms with van der Waals surface area (Å²) in [6.07, 6.45) is 3.65. The molecule has 3 nitrogen and oxygen atoms in total. The van der Waals surface area contributed by atoms with E-state index in [4.69, 9.17) is 4.74 Å². The van der Waals surface area contributed by atoms with Crippen molar-refractivity contribution in [3.63, 3.8) is 0 Å². The summed E-state index contributed by atoms with van der Waals surface area (Å²) in [6.45, 7) is 4.10. The Kier molecular flexibility index (Phi) is 3.47. The first-order valence-corrected chi connectivity index (χ1v) is 4.70. The first-order valence-electron chi connectivity index (χ1n) is 4.70. The third-order valence-electron chi connectivity index (χ3n) is 2.17. The minimum atomic E-state index is -0.707. The molecule has 1 atom stereocenters. The van der Waals surface area contributed by atoms with E-state index in [0.29, 0.717) is 6.61 Å². The van der Waals surface area contributed by atoms with Crippen LogP contribution in [0.15, 0.2) is 11.6 Å². The van der Waals surface area contributed by atoms with E-state index >= 15 is 0 Å². The second kappa shape index (κ2) is 4.22. The first-order chi connectivity index (χ1) is 5.99. The van der Waals surface area contributed by atoms with Gasteiger partial charge in [0.2, 0.25) is 0 Å². The molecule has 1 aliphatic rings. The van der Waals surface area contributed by atoms with Crippen LogP contribution in [0.25, 0.3) is 0 Å². The van der Waals surface area contributed by atoms with Crippen molar-refractivity contribution in [2.45, 2.75) is 45.0 Å². The molecule has 0 saturated heterocycles. The Balaban J connectivity index is 2.20. The molecule has 1 aliphatic heterocycles. The highest BCUT2D eigenvalue weighted by Gasteiger charge is 2.18. The van der Waals surface area contributed by atoms with Crippen LogP contribution < -0.4 is 0 Å². The molecule has 2 N–H and O–H groups in total.